The van der Waals surface area contributed by atoms with Gasteiger partial charge in [0.25, 0.3) is 5.56 Å². The SMILES string of the molecule is COc1ccc(-c2nnc(C(C)Sc3nc4ccsc4c(=O)n3C)o2)cc1. The molecule has 0 N–H and O–H groups in total. The molecule has 1 unspecified atom stereocenters. The topological polar surface area (TPSA) is 83.0 Å². The van der Waals surface area contributed by atoms with Gasteiger partial charge in [-0.25, -0.2) is 4.98 Å². The Kier molecular flexibility index (Phi) is 4.71. The molecule has 3 aromatic heterocycles. The van der Waals surface area contributed by atoms with E-state index in [1.807, 2.05) is 42.6 Å². The quantitative estimate of drug-likeness (QED) is 0.371. The molecule has 1 atom stereocenters. The lowest BCUT2D eigenvalue weighted by Gasteiger charge is -2.09. The van der Waals surface area contributed by atoms with Crippen molar-refractivity contribution in [2.75, 3.05) is 7.11 Å². The van der Waals surface area contributed by atoms with Crippen molar-refractivity contribution in [2.45, 2.75) is 17.3 Å². The highest BCUT2D eigenvalue weighted by Crippen LogP contribution is 2.34. The highest BCUT2D eigenvalue weighted by Gasteiger charge is 2.19. The van der Waals surface area contributed by atoms with Crippen molar-refractivity contribution in [1.29, 1.82) is 0 Å². The molecule has 0 aliphatic carbocycles. The molecule has 3 heterocycles. The summed E-state index contributed by atoms with van der Waals surface area (Å²) in [6.07, 6.45) is 0. The first-order valence-corrected chi connectivity index (χ1v) is 9.91. The van der Waals surface area contributed by atoms with E-state index in [1.165, 1.54) is 23.1 Å². The van der Waals surface area contributed by atoms with Crippen LogP contribution in [0.2, 0.25) is 0 Å². The summed E-state index contributed by atoms with van der Waals surface area (Å²) in [7, 11) is 3.34. The average Bonchev–Trinajstić information content (AvgIpc) is 3.35. The van der Waals surface area contributed by atoms with Crippen LogP contribution < -0.4 is 10.3 Å². The third kappa shape index (κ3) is 3.35. The number of hydrogen-bond acceptors (Lipinski definition) is 8. The van der Waals surface area contributed by atoms with Crippen LogP contribution >= 0.6 is 23.1 Å². The number of thiophene rings is 1. The van der Waals surface area contributed by atoms with Crippen molar-refractivity contribution in [2.24, 2.45) is 7.05 Å². The molecule has 7 nitrogen and oxygen atoms in total. The summed E-state index contributed by atoms with van der Waals surface area (Å²) in [4.78, 5) is 17.0. The molecule has 0 saturated heterocycles. The van der Waals surface area contributed by atoms with Crippen LogP contribution in [0.5, 0.6) is 5.75 Å². The maximum absolute atomic E-state index is 12.4. The van der Waals surface area contributed by atoms with E-state index in [0.29, 0.717) is 27.2 Å². The second-order valence-electron chi connectivity index (χ2n) is 5.83. The summed E-state index contributed by atoms with van der Waals surface area (Å²) in [5.74, 6) is 1.68. The highest BCUT2D eigenvalue weighted by molar-refractivity contribution is 7.99. The van der Waals surface area contributed by atoms with E-state index < -0.39 is 0 Å². The second-order valence-corrected chi connectivity index (χ2v) is 8.05. The Bertz CT molecular complexity index is 1150. The zero-order valence-electron chi connectivity index (χ0n) is 14.9. The first-order valence-electron chi connectivity index (χ1n) is 8.15. The van der Waals surface area contributed by atoms with Crippen molar-refractivity contribution in [3.05, 3.63) is 52.0 Å². The molecule has 0 saturated carbocycles. The number of hydrogen-bond donors (Lipinski definition) is 0. The number of thioether (sulfide) groups is 1. The molecule has 4 rings (SSSR count). The molecule has 4 aromatic rings. The van der Waals surface area contributed by atoms with Crippen LogP contribution in [0.4, 0.5) is 0 Å². The molecule has 138 valence electrons. The molecule has 27 heavy (non-hydrogen) atoms. The Morgan fingerprint density at radius 1 is 1.22 bits per heavy atom. The number of nitrogens with zero attached hydrogens (tertiary/aromatic N) is 4. The Morgan fingerprint density at radius 2 is 2.00 bits per heavy atom. The number of methoxy groups -OCH3 is 1. The van der Waals surface area contributed by atoms with Gasteiger partial charge < -0.3 is 9.15 Å². The van der Waals surface area contributed by atoms with E-state index in [-0.39, 0.29) is 10.8 Å². The lowest BCUT2D eigenvalue weighted by molar-refractivity contribution is 0.415. The normalized spacial score (nSPS) is 12.4. The van der Waals surface area contributed by atoms with E-state index in [0.717, 1.165) is 11.3 Å². The van der Waals surface area contributed by atoms with Gasteiger partial charge in [0.2, 0.25) is 11.8 Å². The van der Waals surface area contributed by atoms with Crippen LogP contribution in [0.3, 0.4) is 0 Å². The van der Waals surface area contributed by atoms with Crippen LogP contribution in [-0.2, 0) is 7.05 Å². The fourth-order valence-corrected chi connectivity index (χ4v) is 4.24. The number of ether oxygens (including phenoxy) is 1. The molecular weight excluding hydrogens is 384 g/mol. The fraction of sp³-hybridized carbons (Fsp3) is 0.222. The summed E-state index contributed by atoms with van der Waals surface area (Å²) in [5, 5.41) is 10.6. The Balaban J connectivity index is 1.58. The predicted octanol–water partition coefficient (Wildman–Crippen LogP) is 3.91. The largest absolute Gasteiger partial charge is 0.497 e. The summed E-state index contributed by atoms with van der Waals surface area (Å²) < 4.78 is 13.2. The van der Waals surface area contributed by atoms with Crippen LogP contribution in [-0.4, -0.2) is 26.9 Å². The van der Waals surface area contributed by atoms with Crippen molar-refractivity contribution in [3.8, 4) is 17.2 Å². The minimum atomic E-state index is -0.154. The molecule has 0 bridgehead atoms. The van der Waals surface area contributed by atoms with Crippen LogP contribution in [0.25, 0.3) is 21.7 Å². The molecule has 0 aliphatic heterocycles. The Labute approximate surface area is 163 Å². The van der Waals surface area contributed by atoms with Crippen LogP contribution in [0.1, 0.15) is 18.1 Å². The maximum atomic E-state index is 12.4. The minimum absolute atomic E-state index is 0.0471. The molecule has 1 aromatic carbocycles. The highest BCUT2D eigenvalue weighted by atomic mass is 32.2. The van der Waals surface area contributed by atoms with Crippen LogP contribution in [0, 0.1) is 0 Å². The first kappa shape index (κ1) is 17.7. The van der Waals surface area contributed by atoms with E-state index in [9.17, 15) is 4.79 Å². The van der Waals surface area contributed by atoms with Crippen molar-refractivity contribution < 1.29 is 9.15 Å². The number of benzene rings is 1. The van der Waals surface area contributed by atoms with E-state index in [4.69, 9.17) is 9.15 Å². The van der Waals surface area contributed by atoms with Gasteiger partial charge in [0.05, 0.1) is 17.9 Å². The van der Waals surface area contributed by atoms with Gasteiger partial charge in [-0.1, -0.05) is 11.8 Å². The molecule has 0 fully saturated rings. The summed E-state index contributed by atoms with van der Waals surface area (Å²) in [6, 6.07) is 9.26. The van der Waals surface area contributed by atoms with E-state index >= 15 is 0 Å². The number of fused-ring (bicyclic) bond motifs is 1. The standard InChI is InChI=1S/C18H16N4O3S2/c1-10(27-18-19-13-8-9-26-14(13)17(23)22(18)2)15-20-21-16(25-15)11-4-6-12(24-3)7-5-11/h4-10H,1-3H3. The van der Waals surface area contributed by atoms with Gasteiger partial charge in [-0.2, -0.15) is 0 Å². The van der Waals surface area contributed by atoms with Gasteiger partial charge in [-0.05, 0) is 42.6 Å². The molecule has 0 radical (unpaired) electrons. The summed E-state index contributed by atoms with van der Waals surface area (Å²) in [5.41, 5.74) is 1.48. The van der Waals surface area contributed by atoms with Gasteiger partial charge in [-0.15, -0.1) is 21.5 Å². The van der Waals surface area contributed by atoms with E-state index in [2.05, 4.69) is 15.2 Å². The molecular formula is C18H16N4O3S2. The monoisotopic (exact) mass is 400 g/mol. The van der Waals surface area contributed by atoms with Crippen LogP contribution in [0.15, 0.2) is 50.1 Å². The van der Waals surface area contributed by atoms with Gasteiger partial charge in [0.15, 0.2) is 5.16 Å². The average molecular weight is 400 g/mol. The Morgan fingerprint density at radius 3 is 2.74 bits per heavy atom. The van der Waals surface area contributed by atoms with Gasteiger partial charge in [0.1, 0.15) is 10.4 Å². The predicted molar refractivity (Wildman–Crippen MR) is 105 cm³/mol. The molecule has 0 amide bonds. The third-order valence-electron chi connectivity index (χ3n) is 4.05. The lowest BCUT2D eigenvalue weighted by Crippen LogP contribution is -2.19. The van der Waals surface area contributed by atoms with Crippen molar-refractivity contribution in [1.82, 2.24) is 19.7 Å². The maximum Gasteiger partial charge on any atom is 0.271 e. The van der Waals surface area contributed by atoms with Gasteiger partial charge in [-0.3, -0.25) is 9.36 Å². The zero-order chi connectivity index (χ0) is 19.0. The number of rotatable bonds is 5. The van der Waals surface area contributed by atoms with Gasteiger partial charge >= 0.3 is 0 Å². The van der Waals surface area contributed by atoms with Crippen molar-refractivity contribution in [3.63, 3.8) is 0 Å². The fourth-order valence-electron chi connectivity index (χ4n) is 2.53. The lowest BCUT2D eigenvalue weighted by atomic mass is 10.2. The molecule has 0 aliphatic rings. The molecule has 9 heteroatoms. The summed E-state index contributed by atoms with van der Waals surface area (Å²) in [6.45, 7) is 1.94. The first-order chi connectivity index (χ1) is 13.1. The van der Waals surface area contributed by atoms with Gasteiger partial charge in [0, 0.05) is 12.6 Å². The summed E-state index contributed by atoms with van der Waals surface area (Å²) >= 11 is 2.81. The van der Waals surface area contributed by atoms with E-state index in [1.54, 1.807) is 18.7 Å². The number of aromatic nitrogens is 4. The smallest absolute Gasteiger partial charge is 0.271 e. The third-order valence-corrected chi connectivity index (χ3v) is 6.08. The van der Waals surface area contributed by atoms with Crippen molar-refractivity contribution >= 4 is 33.3 Å². The molecule has 0 spiro atoms. The Hall–Kier alpha value is -2.65. The second kappa shape index (κ2) is 7.16. The zero-order valence-corrected chi connectivity index (χ0v) is 16.5. The minimum Gasteiger partial charge on any atom is -0.497 e.